The number of hydrogen-bond acceptors (Lipinski definition) is 5. The van der Waals surface area contributed by atoms with Gasteiger partial charge in [-0.2, -0.15) is 0 Å². The lowest BCUT2D eigenvalue weighted by atomic mass is 9.81. The SMILES string of the molecule is O=C(NC1(C(=O)O)CCCCC1)c1ccnc(OC2CCOC2)c1. The Kier molecular flexibility index (Phi) is 4.99. The first-order chi connectivity index (χ1) is 11.6. The molecular formula is C17H22N2O5. The van der Waals surface area contributed by atoms with Gasteiger partial charge in [0.15, 0.2) is 0 Å². The number of carbonyl (C=O) groups is 2. The lowest BCUT2D eigenvalue weighted by Gasteiger charge is -2.34. The molecule has 1 aromatic heterocycles. The Morgan fingerprint density at radius 1 is 1.33 bits per heavy atom. The zero-order chi connectivity index (χ0) is 17.0. The van der Waals surface area contributed by atoms with Gasteiger partial charge < -0.3 is 19.9 Å². The molecule has 24 heavy (non-hydrogen) atoms. The minimum atomic E-state index is -1.17. The summed E-state index contributed by atoms with van der Waals surface area (Å²) in [6, 6.07) is 3.11. The molecular weight excluding hydrogens is 312 g/mol. The average molecular weight is 334 g/mol. The number of carbonyl (C=O) groups excluding carboxylic acids is 1. The number of nitrogens with zero attached hydrogens (tertiary/aromatic N) is 1. The van der Waals surface area contributed by atoms with E-state index in [9.17, 15) is 14.7 Å². The first-order valence-electron chi connectivity index (χ1n) is 8.35. The van der Waals surface area contributed by atoms with Gasteiger partial charge in [0.25, 0.3) is 5.91 Å². The van der Waals surface area contributed by atoms with Gasteiger partial charge in [0.05, 0.1) is 13.2 Å². The molecule has 2 fully saturated rings. The van der Waals surface area contributed by atoms with Gasteiger partial charge >= 0.3 is 5.97 Å². The van der Waals surface area contributed by atoms with Crippen LogP contribution in [0.2, 0.25) is 0 Å². The molecule has 2 heterocycles. The average Bonchev–Trinajstić information content (AvgIpc) is 3.09. The van der Waals surface area contributed by atoms with Crippen molar-refractivity contribution in [1.82, 2.24) is 10.3 Å². The summed E-state index contributed by atoms with van der Waals surface area (Å²) in [5.41, 5.74) is -0.816. The van der Waals surface area contributed by atoms with Crippen molar-refractivity contribution in [3.8, 4) is 5.88 Å². The zero-order valence-corrected chi connectivity index (χ0v) is 13.5. The van der Waals surface area contributed by atoms with Crippen LogP contribution in [0.15, 0.2) is 18.3 Å². The number of pyridine rings is 1. The number of carboxylic acids is 1. The van der Waals surface area contributed by atoms with Gasteiger partial charge in [0.2, 0.25) is 5.88 Å². The van der Waals surface area contributed by atoms with E-state index in [4.69, 9.17) is 9.47 Å². The van der Waals surface area contributed by atoms with Crippen LogP contribution >= 0.6 is 0 Å². The normalized spacial score (nSPS) is 22.8. The molecule has 1 aliphatic heterocycles. The number of aromatic nitrogens is 1. The van der Waals surface area contributed by atoms with Crippen molar-refractivity contribution in [2.75, 3.05) is 13.2 Å². The quantitative estimate of drug-likeness (QED) is 0.851. The number of amides is 1. The molecule has 3 rings (SSSR count). The predicted octanol–water partition coefficient (Wildman–Crippen LogP) is 1.77. The Balaban J connectivity index is 1.70. The van der Waals surface area contributed by atoms with Gasteiger partial charge in [0, 0.05) is 24.2 Å². The number of nitrogens with one attached hydrogen (secondary N) is 1. The molecule has 0 spiro atoms. The highest BCUT2D eigenvalue weighted by molar-refractivity contribution is 5.98. The van der Waals surface area contributed by atoms with E-state index < -0.39 is 17.4 Å². The number of ether oxygens (including phenoxy) is 2. The summed E-state index contributed by atoms with van der Waals surface area (Å²) < 4.78 is 10.9. The standard InChI is InChI=1S/C17H22N2O5/c20-15(19-17(16(21)22)6-2-1-3-7-17)12-4-8-18-14(10-12)24-13-5-9-23-11-13/h4,8,10,13H,1-3,5-7,9,11H2,(H,19,20)(H,21,22). The van der Waals surface area contributed by atoms with Crippen molar-refractivity contribution >= 4 is 11.9 Å². The van der Waals surface area contributed by atoms with Gasteiger partial charge in [-0.15, -0.1) is 0 Å². The number of aliphatic carboxylic acids is 1. The summed E-state index contributed by atoms with van der Waals surface area (Å²) in [4.78, 5) is 28.3. The van der Waals surface area contributed by atoms with Gasteiger partial charge in [-0.3, -0.25) is 4.79 Å². The van der Waals surface area contributed by atoms with E-state index >= 15 is 0 Å². The highest BCUT2D eigenvalue weighted by atomic mass is 16.5. The lowest BCUT2D eigenvalue weighted by Crippen LogP contribution is -2.55. The Morgan fingerprint density at radius 3 is 2.79 bits per heavy atom. The lowest BCUT2D eigenvalue weighted by molar-refractivity contribution is -0.145. The second kappa shape index (κ2) is 7.17. The van der Waals surface area contributed by atoms with Gasteiger partial charge in [-0.1, -0.05) is 19.3 Å². The third-order valence-electron chi connectivity index (χ3n) is 4.64. The maximum atomic E-state index is 12.5. The van der Waals surface area contributed by atoms with E-state index in [1.165, 1.54) is 6.20 Å². The third kappa shape index (κ3) is 3.67. The van der Waals surface area contributed by atoms with Gasteiger partial charge in [0.1, 0.15) is 11.6 Å². The second-order valence-corrected chi connectivity index (χ2v) is 6.39. The highest BCUT2D eigenvalue weighted by Gasteiger charge is 2.41. The van der Waals surface area contributed by atoms with Crippen molar-refractivity contribution in [3.05, 3.63) is 23.9 Å². The molecule has 1 saturated carbocycles. The molecule has 2 N–H and O–H groups in total. The van der Waals surface area contributed by atoms with E-state index in [-0.39, 0.29) is 6.10 Å². The van der Waals surface area contributed by atoms with E-state index in [0.29, 0.717) is 37.5 Å². The molecule has 7 nitrogen and oxygen atoms in total. The summed E-state index contributed by atoms with van der Waals surface area (Å²) in [5, 5.41) is 12.3. The fraction of sp³-hybridized carbons (Fsp3) is 0.588. The van der Waals surface area contributed by atoms with Gasteiger partial charge in [-0.05, 0) is 18.9 Å². The molecule has 1 aromatic rings. The predicted molar refractivity (Wildman–Crippen MR) is 85.0 cm³/mol. The van der Waals surface area contributed by atoms with Crippen LogP contribution < -0.4 is 10.1 Å². The van der Waals surface area contributed by atoms with Crippen LogP contribution in [0.5, 0.6) is 5.88 Å². The molecule has 130 valence electrons. The molecule has 7 heteroatoms. The maximum absolute atomic E-state index is 12.5. The summed E-state index contributed by atoms with van der Waals surface area (Å²) in [6.45, 7) is 1.17. The first kappa shape index (κ1) is 16.7. The maximum Gasteiger partial charge on any atom is 0.329 e. The van der Waals surface area contributed by atoms with Crippen LogP contribution in [0.4, 0.5) is 0 Å². The van der Waals surface area contributed by atoms with Crippen LogP contribution in [0.3, 0.4) is 0 Å². The van der Waals surface area contributed by atoms with Crippen LogP contribution in [0, 0.1) is 0 Å². The molecule has 1 unspecified atom stereocenters. The molecule has 1 aliphatic carbocycles. The smallest absolute Gasteiger partial charge is 0.329 e. The van der Waals surface area contributed by atoms with Crippen LogP contribution in [-0.4, -0.2) is 46.8 Å². The summed E-state index contributed by atoms with van der Waals surface area (Å²) >= 11 is 0. The minimum Gasteiger partial charge on any atom is -0.480 e. The molecule has 0 bridgehead atoms. The largest absolute Gasteiger partial charge is 0.480 e. The van der Waals surface area contributed by atoms with E-state index in [1.807, 2.05) is 0 Å². The van der Waals surface area contributed by atoms with Crippen molar-refractivity contribution in [1.29, 1.82) is 0 Å². The minimum absolute atomic E-state index is 0.0560. The van der Waals surface area contributed by atoms with Crippen LogP contribution in [-0.2, 0) is 9.53 Å². The fourth-order valence-electron chi connectivity index (χ4n) is 3.23. The van der Waals surface area contributed by atoms with Gasteiger partial charge in [-0.25, -0.2) is 9.78 Å². The van der Waals surface area contributed by atoms with E-state index in [0.717, 1.165) is 25.7 Å². The molecule has 0 aromatic carbocycles. The molecule has 1 amide bonds. The zero-order valence-electron chi connectivity index (χ0n) is 13.5. The number of carboxylic acid groups (broad SMARTS) is 1. The number of hydrogen-bond donors (Lipinski definition) is 2. The monoisotopic (exact) mass is 334 g/mol. The van der Waals surface area contributed by atoms with E-state index in [2.05, 4.69) is 10.3 Å². The topological polar surface area (TPSA) is 97.8 Å². The Bertz CT molecular complexity index is 607. The van der Waals surface area contributed by atoms with Crippen molar-refractivity contribution in [2.24, 2.45) is 0 Å². The Hall–Kier alpha value is -2.15. The summed E-state index contributed by atoms with van der Waals surface area (Å²) in [6.07, 6.45) is 5.76. The van der Waals surface area contributed by atoms with Crippen molar-refractivity contribution < 1.29 is 24.2 Å². The summed E-state index contributed by atoms with van der Waals surface area (Å²) in [7, 11) is 0. The molecule has 1 atom stereocenters. The van der Waals surface area contributed by atoms with Crippen LogP contribution in [0.25, 0.3) is 0 Å². The molecule has 0 radical (unpaired) electrons. The van der Waals surface area contributed by atoms with Crippen molar-refractivity contribution in [3.63, 3.8) is 0 Å². The first-order valence-corrected chi connectivity index (χ1v) is 8.35. The third-order valence-corrected chi connectivity index (χ3v) is 4.64. The highest BCUT2D eigenvalue weighted by Crippen LogP contribution is 2.29. The van der Waals surface area contributed by atoms with E-state index in [1.54, 1.807) is 12.1 Å². The second-order valence-electron chi connectivity index (χ2n) is 6.39. The molecule has 2 aliphatic rings. The number of rotatable bonds is 5. The Labute approximate surface area is 140 Å². The van der Waals surface area contributed by atoms with Crippen molar-refractivity contribution in [2.45, 2.75) is 50.2 Å². The Morgan fingerprint density at radius 2 is 2.12 bits per heavy atom. The fourth-order valence-corrected chi connectivity index (χ4v) is 3.23. The molecule has 1 saturated heterocycles. The van der Waals surface area contributed by atoms with Crippen LogP contribution in [0.1, 0.15) is 48.9 Å². The summed E-state index contributed by atoms with van der Waals surface area (Å²) in [5.74, 6) is -1.02.